The van der Waals surface area contributed by atoms with Gasteiger partial charge in [0.25, 0.3) is 0 Å². The van der Waals surface area contributed by atoms with Crippen molar-refractivity contribution in [3.05, 3.63) is 53.6 Å². The quantitative estimate of drug-likeness (QED) is 0.831. The monoisotopic (exact) mass is 410 g/mol. The Bertz CT molecular complexity index is 922. The number of carbonyl (C=O) groups is 2. The Morgan fingerprint density at radius 3 is 2.66 bits per heavy atom. The van der Waals surface area contributed by atoms with Crippen molar-refractivity contribution in [3.63, 3.8) is 0 Å². The van der Waals surface area contributed by atoms with Gasteiger partial charge in [0.15, 0.2) is 0 Å². The van der Waals surface area contributed by atoms with Gasteiger partial charge in [0, 0.05) is 23.9 Å². The Hall–Kier alpha value is -2.47. The van der Waals surface area contributed by atoms with Crippen LogP contribution in [0.2, 0.25) is 0 Å². The number of hydrogen-bond acceptors (Lipinski definition) is 4. The number of amides is 2. The van der Waals surface area contributed by atoms with Crippen LogP contribution < -0.4 is 10.1 Å². The van der Waals surface area contributed by atoms with Crippen molar-refractivity contribution in [2.75, 3.05) is 25.5 Å². The molecule has 0 bridgehead atoms. The molecule has 5 nitrogen and oxygen atoms in total. The van der Waals surface area contributed by atoms with Gasteiger partial charge in [-0.05, 0) is 49.9 Å². The third-order valence-electron chi connectivity index (χ3n) is 5.71. The molecule has 1 atom stereocenters. The summed E-state index contributed by atoms with van der Waals surface area (Å²) in [5, 5.41) is 2.94. The fraction of sp³-hybridized carbons (Fsp3) is 0.391. The molecule has 2 aromatic carbocycles. The average molecular weight is 411 g/mol. The number of nitrogens with zero attached hydrogens (tertiary/aromatic N) is 1. The number of thioether (sulfide) groups is 1. The van der Waals surface area contributed by atoms with Crippen molar-refractivity contribution in [2.45, 2.75) is 36.3 Å². The van der Waals surface area contributed by atoms with Gasteiger partial charge < -0.3 is 15.0 Å². The van der Waals surface area contributed by atoms with Crippen LogP contribution in [0.1, 0.15) is 24.0 Å². The Morgan fingerprint density at radius 1 is 1.14 bits per heavy atom. The fourth-order valence-electron chi connectivity index (χ4n) is 4.02. The molecule has 2 heterocycles. The predicted octanol–water partition coefficient (Wildman–Crippen LogP) is 3.90. The zero-order valence-corrected chi connectivity index (χ0v) is 17.6. The largest absolute Gasteiger partial charge is 0.495 e. The Morgan fingerprint density at radius 2 is 1.90 bits per heavy atom. The van der Waals surface area contributed by atoms with E-state index in [0.717, 1.165) is 6.42 Å². The molecule has 0 aromatic heterocycles. The number of likely N-dealkylation sites (tertiary alicyclic amines) is 1. The van der Waals surface area contributed by atoms with Crippen LogP contribution in [0.25, 0.3) is 0 Å². The zero-order valence-electron chi connectivity index (χ0n) is 16.8. The molecule has 1 saturated heterocycles. The maximum atomic E-state index is 13.0. The van der Waals surface area contributed by atoms with Gasteiger partial charge in [-0.15, -0.1) is 11.8 Å². The lowest BCUT2D eigenvalue weighted by molar-refractivity contribution is -0.133. The lowest BCUT2D eigenvalue weighted by atomic mass is 9.95. The van der Waals surface area contributed by atoms with Crippen LogP contribution in [-0.2, 0) is 16.0 Å². The summed E-state index contributed by atoms with van der Waals surface area (Å²) in [5.41, 5.74) is 3.19. The van der Waals surface area contributed by atoms with E-state index in [2.05, 4.69) is 30.4 Å². The highest BCUT2D eigenvalue weighted by Crippen LogP contribution is 2.39. The first-order chi connectivity index (χ1) is 14.0. The highest BCUT2D eigenvalue weighted by molar-refractivity contribution is 8.01. The van der Waals surface area contributed by atoms with E-state index in [-0.39, 0.29) is 23.0 Å². The van der Waals surface area contributed by atoms with Crippen molar-refractivity contribution >= 4 is 29.3 Å². The first-order valence-electron chi connectivity index (χ1n) is 10.0. The van der Waals surface area contributed by atoms with E-state index in [0.29, 0.717) is 37.4 Å². The van der Waals surface area contributed by atoms with Crippen LogP contribution in [0.3, 0.4) is 0 Å². The van der Waals surface area contributed by atoms with Gasteiger partial charge in [-0.3, -0.25) is 9.59 Å². The molecule has 0 radical (unpaired) electrons. The third-order valence-corrected chi connectivity index (χ3v) is 7.00. The summed E-state index contributed by atoms with van der Waals surface area (Å²) in [4.78, 5) is 28.8. The second kappa shape index (κ2) is 8.49. The number of benzene rings is 2. The third kappa shape index (κ3) is 4.27. The number of rotatable bonds is 4. The van der Waals surface area contributed by atoms with Crippen LogP contribution >= 0.6 is 11.8 Å². The van der Waals surface area contributed by atoms with Crippen LogP contribution in [0.5, 0.6) is 5.75 Å². The second-order valence-electron chi connectivity index (χ2n) is 7.71. The summed E-state index contributed by atoms with van der Waals surface area (Å²) >= 11 is 1.68. The lowest BCUT2D eigenvalue weighted by Crippen LogP contribution is -2.44. The predicted molar refractivity (Wildman–Crippen MR) is 115 cm³/mol. The lowest BCUT2D eigenvalue weighted by Gasteiger charge is -2.32. The number of fused-ring (bicyclic) bond motifs is 1. The molecular weight excluding hydrogens is 384 g/mol. The van der Waals surface area contributed by atoms with E-state index in [4.69, 9.17) is 4.74 Å². The molecule has 0 aliphatic carbocycles. The Kier molecular flexibility index (Phi) is 5.81. The number of carbonyl (C=O) groups excluding carboxylic acids is 2. The maximum Gasteiger partial charge on any atom is 0.236 e. The molecule has 4 rings (SSSR count). The number of methoxy groups -OCH3 is 1. The first kappa shape index (κ1) is 19.8. The van der Waals surface area contributed by atoms with Gasteiger partial charge in [-0.2, -0.15) is 0 Å². The number of para-hydroxylation sites is 2. The molecule has 6 heteroatoms. The number of nitrogens with one attached hydrogen (secondary N) is 1. The molecule has 1 fully saturated rings. The van der Waals surface area contributed by atoms with Crippen LogP contribution in [0, 0.1) is 12.8 Å². The maximum absolute atomic E-state index is 13.0. The van der Waals surface area contributed by atoms with E-state index in [1.165, 1.54) is 16.0 Å². The van der Waals surface area contributed by atoms with Crippen molar-refractivity contribution in [1.82, 2.24) is 4.90 Å². The van der Waals surface area contributed by atoms with Crippen molar-refractivity contribution in [3.8, 4) is 5.75 Å². The zero-order chi connectivity index (χ0) is 20.4. The number of piperidine rings is 1. The summed E-state index contributed by atoms with van der Waals surface area (Å²) in [6, 6.07) is 13.8. The van der Waals surface area contributed by atoms with Crippen molar-refractivity contribution < 1.29 is 14.3 Å². The second-order valence-corrected chi connectivity index (χ2v) is 8.96. The summed E-state index contributed by atoms with van der Waals surface area (Å²) < 4.78 is 5.30. The van der Waals surface area contributed by atoms with E-state index >= 15 is 0 Å². The number of anilines is 1. The van der Waals surface area contributed by atoms with E-state index < -0.39 is 0 Å². The highest BCUT2D eigenvalue weighted by atomic mass is 32.2. The first-order valence-corrected chi connectivity index (χ1v) is 10.9. The van der Waals surface area contributed by atoms with Gasteiger partial charge in [0.05, 0.1) is 18.0 Å². The van der Waals surface area contributed by atoms with E-state index in [1.54, 1.807) is 18.9 Å². The topological polar surface area (TPSA) is 58.6 Å². The van der Waals surface area contributed by atoms with Gasteiger partial charge in [0.1, 0.15) is 5.75 Å². The molecule has 0 saturated carbocycles. The standard InChI is InChI=1S/C23H26N2O3S/c1-15-7-8-17-14-21(29-20(17)13-15)23(27)25-11-9-16(10-12-25)22(26)24-18-5-3-4-6-19(18)28-2/h3-8,13,16,21H,9-12,14H2,1-2H3,(H,24,26). The fourth-order valence-corrected chi connectivity index (χ4v) is 5.40. The summed E-state index contributed by atoms with van der Waals surface area (Å²) in [6.07, 6.45) is 2.18. The van der Waals surface area contributed by atoms with Gasteiger partial charge in [-0.1, -0.05) is 29.8 Å². The van der Waals surface area contributed by atoms with Gasteiger partial charge in [0.2, 0.25) is 11.8 Å². The van der Waals surface area contributed by atoms with Crippen molar-refractivity contribution in [2.24, 2.45) is 5.92 Å². The summed E-state index contributed by atoms with van der Waals surface area (Å²) in [6.45, 7) is 3.35. The normalized spacial score (nSPS) is 19.0. The van der Waals surface area contributed by atoms with E-state index in [1.807, 2.05) is 29.2 Å². The molecule has 2 amide bonds. The molecule has 29 heavy (non-hydrogen) atoms. The van der Waals surface area contributed by atoms with Crippen LogP contribution in [-0.4, -0.2) is 42.2 Å². The molecule has 2 aromatic rings. The molecule has 1 unspecified atom stereocenters. The molecule has 152 valence electrons. The minimum Gasteiger partial charge on any atom is -0.495 e. The summed E-state index contributed by atoms with van der Waals surface area (Å²) in [7, 11) is 1.59. The van der Waals surface area contributed by atoms with E-state index in [9.17, 15) is 9.59 Å². The molecular formula is C23H26N2O3S. The Labute approximate surface area is 175 Å². The Balaban J connectivity index is 1.31. The smallest absolute Gasteiger partial charge is 0.236 e. The van der Waals surface area contributed by atoms with Crippen LogP contribution in [0.15, 0.2) is 47.4 Å². The van der Waals surface area contributed by atoms with Gasteiger partial charge >= 0.3 is 0 Å². The number of ether oxygens (including phenoxy) is 1. The minimum atomic E-state index is -0.0833. The van der Waals surface area contributed by atoms with Gasteiger partial charge in [-0.25, -0.2) is 0 Å². The SMILES string of the molecule is COc1ccccc1NC(=O)C1CCN(C(=O)C2Cc3ccc(C)cc3S2)CC1. The number of aryl methyl sites for hydroxylation is 1. The summed E-state index contributed by atoms with van der Waals surface area (Å²) in [5.74, 6) is 0.772. The number of hydrogen-bond donors (Lipinski definition) is 1. The molecule has 0 spiro atoms. The highest BCUT2D eigenvalue weighted by Gasteiger charge is 2.34. The average Bonchev–Trinajstić information content (AvgIpc) is 3.17. The minimum absolute atomic E-state index is 0.000259. The van der Waals surface area contributed by atoms with Crippen molar-refractivity contribution in [1.29, 1.82) is 0 Å². The van der Waals surface area contributed by atoms with Crippen LogP contribution in [0.4, 0.5) is 5.69 Å². The molecule has 2 aliphatic rings. The molecule has 2 aliphatic heterocycles. The molecule has 1 N–H and O–H groups in total.